The molecule has 6 nitrogen and oxygen atoms in total. The van der Waals surface area contributed by atoms with Crippen LogP contribution < -0.4 is 5.56 Å². The first-order valence-electron chi connectivity index (χ1n) is 6.28. The third-order valence-corrected chi connectivity index (χ3v) is 3.10. The highest BCUT2D eigenvalue weighted by Crippen LogP contribution is 2.06. The molecule has 1 aromatic rings. The molecule has 6 heteroatoms. The molecule has 0 radical (unpaired) electrons. The Hall–Kier alpha value is -1.69. The van der Waals surface area contributed by atoms with E-state index < -0.39 is 0 Å². The van der Waals surface area contributed by atoms with Crippen molar-refractivity contribution in [1.82, 2.24) is 20.0 Å². The van der Waals surface area contributed by atoms with E-state index in [0.29, 0.717) is 5.69 Å². The van der Waals surface area contributed by atoms with Crippen molar-refractivity contribution in [2.24, 2.45) is 0 Å². The van der Waals surface area contributed by atoms with E-state index in [0.717, 1.165) is 39.1 Å². The lowest BCUT2D eigenvalue weighted by Crippen LogP contribution is -2.49. The molecule has 2 heterocycles. The molecule has 0 aliphatic carbocycles. The number of carbonyl (C=O) groups excluding carboxylic acids is 1. The maximum atomic E-state index is 12.1. The van der Waals surface area contributed by atoms with Crippen LogP contribution in [0.5, 0.6) is 0 Å². The summed E-state index contributed by atoms with van der Waals surface area (Å²) in [6, 6.07) is 2.80. The van der Waals surface area contributed by atoms with Gasteiger partial charge in [0.2, 0.25) is 0 Å². The fourth-order valence-corrected chi connectivity index (χ4v) is 2.12. The fraction of sp³-hybridized carbons (Fsp3) is 0.583. The molecule has 0 unspecified atom stereocenters. The van der Waals surface area contributed by atoms with E-state index in [4.69, 9.17) is 0 Å². The van der Waals surface area contributed by atoms with Crippen molar-refractivity contribution in [3.63, 3.8) is 0 Å². The normalized spacial score (nSPS) is 16.8. The predicted molar refractivity (Wildman–Crippen MR) is 67.5 cm³/mol. The summed E-state index contributed by atoms with van der Waals surface area (Å²) in [5.74, 6) is -0.109. The molecule has 0 saturated carbocycles. The maximum Gasteiger partial charge on any atom is 0.274 e. The molecule has 1 aliphatic heterocycles. The summed E-state index contributed by atoms with van der Waals surface area (Å²) in [7, 11) is 0. The Bertz CT molecular complexity index is 443. The minimum absolute atomic E-state index is 0.109. The van der Waals surface area contributed by atoms with Gasteiger partial charge in [0.15, 0.2) is 0 Å². The van der Waals surface area contributed by atoms with Gasteiger partial charge < -0.3 is 4.90 Å². The first-order chi connectivity index (χ1) is 8.70. The van der Waals surface area contributed by atoms with E-state index in [1.165, 1.54) is 12.1 Å². The smallest absolute Gasteiger partial charge is 0.274 e. The number of amides is 1. The van der Waals surface area contributed by atoms with Gasteiger partial charge >= 0.3 is 0 Å². The predicted octanol–water partition coefficient (Wildman–Crippen LogP) is -0.0623. The Kier molecular flexibility index (Phi) is 4.09. The average molecular weight is 250 g/mol. The lowest BCUT2D eigenvalue weighted by atomic mass is 10.2. The molecule has 1 fully saturated rings. The Morgan fingerprint density at radius 1 is 1.33 bits per heavy atom. The lowest BCUT2D eigenvalue weighted by molar-refractivity contribution is 0.0630. The number of aromatic amines is 1. The van der Waals surface area contributed by atoms with E-state index in [1.807, 2.05) is 0 Å². The number of H-pyrrole nitrogens is 1. The highest BCUT2D eigenvalue weighted by atomic mass is 16.2. The Labute approximate surface area is 106 Å². The van der Waals surface area contributed by atoms with E-state index in [1.54, 1.807) is 4.90 Å². The number of piperazine rings is 1. The number of hydrogen-bond acceptors (Lipinski definition) is 4. The lowest BCUT2D eigenvalue weighted by Gasteiger charge is -2.34. The van der Waals surface area contributed by atoms with Crippen LogP contribution in [0.4, 0.5) is 0 Å². The molecule has 1 aromatic heterocycles. The van der Waals surface area contributed by atoms with Crippen LogP contribution in [-0.2, 0) is 0 Å². The van der Waals surface area contributed by atoms with E-state index in [-0.39, 0.29) is 11.5 Å². The molecule has 98 valence electrons. The quantitative estimate of drug-likeness (QED) is 0.816. The van der Waals surface area contributed by atoms with Crippen LogP contribution in [-0.4, -0.2) is 58.6 Å². The highest BCUT2D eigenvalue weighted by Gasteiger charge is 2.22. The van der Waals surface area contributed by atoms with Gasteiger partial charge in [-0.15, -0.1) is 0 Å². The minimum Gasteiger partial charge on any atom is -0.335 e. The zero-order valence-electron chi connectivity index (χ0n) is 10.6. The summed E-state index contributed by atoms with van der Waals surface area (Å²) in [5, 5.41) is 6.05. The number of carbonyl (C=O) groups is 1. The number of nitrogens with one attached hydrogen (secondary N) is 1. The zero-order valence-corrected chi connectivity index (χ0v) is 10.6. The van der Waals surface area contributed by atoms with Gasteiger partial charge in [0.1, 0.15) is 5.69 Å². The molecule has 0 aromatic carbocycles. The van der Waals surface area contributed by atoms with Crippen molar-refractivity contribution in [3.05, 3.63) is 28.2 Å². The first-order valence-corrected chi connectivity index (χ1v) is 6.28. The fourth-order valence-electron chi connectivity index (χ4n) is 2.12. The van der Waals surface area contributed by atoms with Gasteiger partial charge in [0, 0.05) is 32.2 Å². The van der Waals surface area contributed by atoms with Crippen molar-refractivity contribution >= 4 is 5.91 Å². The molecule has 1 aliphatic rings. The molecular weight excluding hydrogens is 232 g/mol. The second-order valence-electron chi connectivity index (χ2n) is 4.44. The molecule has 2 rings (SSSR count). The van der Waals surface area contributed by atoms with Gasteiger partial charge in [-0.25, -0.2) is 5.10 Å². The van der Waals surface area contributed by atoms with Crippen molar-refractivity contribution < 1.29 is 4.79 Å². The molecular formula is C12H18N4O2. The molecule has 0 atom stereocenters. The summed E-state index contributed by atoms with van der Waals surface area (Å²) in [6.45, 7) is 6.49. The highest BCUT2D eigenvalue weighted by molar-refractivity contribution is 5.92. The standard InChI is InChI=1S/C12H18N4O2/c1-2-5-15-6-8-16(9-7-15)12(18)10-3-4-11(17)14-13-10/h3-4H,2,5-9H2,1H3,(H,14,17). The topological polar surface area (TPSA) is 69.3 Å². The summed E-state index contributed by atoms with van der Waals surface area (Å²) in [5.41, 5.74) is 0.0119. The SMILES string of the molecule is CCCN1CCN(C(=O)c2ccc(=O)[nH]n2)CC1. The summed E-state index contributed by atoms with van der Waals surface area (Å²) in [6.07, 6.45) is 1.13. The van der Waals surface area contributed by atoms with E-state index in [2.05, 4.69) is 22.0 Å². The van der Waals surface area contributed by atoms with Crippen molar-refractivity contribution in [2.75, 3.05) is 32.7 Å². The molecule has 1 N–H and O–H groups in total. The van der Waals surface area contributed by atoms with E-state index >= 15 is 0 Å². The van der Waals surface area contributed by atoms with Crippen LogP contribution in [0.15, 0.2) is 16.9 Å². The average Bonchev–Trinajstić information content (AvgIpc) is 2.40. The van der Waals surface area contributed by atoms with Gasteiger partial charge in [-0.1, -0.05) is 6.92 Å². The van der Waals surface area contributed by atoms with Gasteiger partial charge in [0.05, 0.1) is 0 Å². The Morgan fingerprint density at radius 3 is 2.61 bits per heavy atom. The van der Waals surface area contributed by atoms with Crippen molar-refractivity contribution in [1.29, 1.82) is 0 Å². The van der Waals surface area contributed by atoms with Gasteiger partial charge in [-0.05, 0) is 19.0 Å². The van der Waals surface area contributed by atoms with Crippen molar-refractivity contribution in [2.45, 2.75) is 13.3 Å². The van der Waals surface area contributed by atoms with Crippen molar-refractivity contribution in [3.8, 4) is 0 Å². The van der Waals surface area contributed by atoms with Gasteiger partial charge in [-0.2, -0.15) is 5.10 Å². The number of rotatable bonds is 3. The van der Waals surface area contributed by atoms with Crippen LogP contribution >= 0.6 is 0 Å². The van der Waals surface area contributed by atoms with Crippen LogP contribution in [0, 0.1) is 0 Å². The van der Waals surface area contributed by atoms with Crippen LogP contribution in [0.25, 0.3) is 0 Å². The second-order valence-corrected chi connectivity index (χ2v) is 4.44. The van der Waals surface area contributed by atoms with Crippen LogP contribution in [0.2, 0.25) is 0 Å². The first kappa shape index (κ1) is 12.8. The third kappa shape index (κ3) is 2.95. The van der Waals surface area contributed by atoms with Gasteiger partial charge in [0.25, 0.3) is 11.5 Å². The van der Waals surface area contributed by atoms with E-state index in [9.17, 15) is 9.59 Å². The Balaban J connectivity index is 1.95. The minimum atomic E-state index is -0.292. The molecule has 18 heavy (non-hydrogen) atoms. The number of aromatic nitrogens is 2. The third-order valence-electron chi connectivity index (χ3n) is 3.10. The number of hydrogen-bond donors (Lipinski definition) is 1. The van der Waals surface area contributed by atoms with Crippen LogP contribution in [0.1, 0.15) is 23.8 Å². The van der Waals surface area contributed by atoms with Gasteiger partial charge in [-0.3, -0.25) is 14.5 Å². The largest absolute Gasteiger partial charge is 0.335 e. The molecule has 0 bridgehead atoms. The molecule has 1 amide bonds. The summed E-state index contributed by atoms with van der Waals surface area (Å²) in [4.78, 5) is 27.1. The molecule has 1 saturated heterocycles. The Morgan fingerprint density at radius 2 is 2.06 bits per heavy atom. The summed E-state index contributed by atoms with van der Waals surface area (Å²) >= 11 is 0. The second kappa shape index (κ2) is 5.77. The number of nitrogens with zero attached hydrogens (tertiary/aromatic N) is 3. The van der Waals surface area contributed by atoms with Crippen LogP contribution in [0.3, 0.4) is 0 Å². The maximum absolute atomic E-state index is 12.1. The monoisotopic (exact) mass is 250 g/mol. The molecule has 0 spiro atoms. The zero-order chi connectivity index (χ0) is 13.0. The summed E-state index contributed by atoms with van der Waals surface area (Å²) < 4.78 is 0.